The third kappa shape index (κ3) is 6.57. The van der Waals surface area contributed by atoms with Crippen molar-refractivity contribution in [3.63, 3.8) is 0 Å². The highest BCUT2D eigenvalue weighted by Gasteiger charge is 2.63. The Morgan fingerprint density at radius 3 is 2.33 bits per heavy atom. The first-order chi connectivity index (χ1) is 18.3. The first kappa shape index (κ1) is 30.5. The van der Waals surface area contributed by atoms with Gasteiger partial charge in [-0.05, 0) is 39.0 Å². The van der Waals surface area contributed by atoms with Crippen molar-refractivity contribution < 1.29 is 45.8 Å². The smallest absolute Gasteiger partial charge is 0.399 e. The predicted molar refractivity (Wildman–Crippen MR) is 132 cm³/mol. The van der Waals surface area contributed by atoms with Gasteiger partial charge in [0.05, 0.1) is 19.6 Å². The summed E-state index contributed by atoms with van der Waals surface area (Å²) in [5, 5.41) is 2.43. The standard InChI is InChI=1S/C24H29F3N3O8P/c1-5-35-39(34,36-6-2)24(26,27)14-17-19(37-15(3)31)23(4,25)21(38-17)30-13-12-18(29-22(30)33)28-20(32)16-10-8-7-9-11-16/h7-13,17,19,21H,5-6,14H2,1-4H3,(H,28,29,32,33)/t17-,19-,21-,23-/m1/s1. The molecule has 11 nitrogen and oxygen atoms in total. The van der Waals surface area contributed by atoms with Gasteiger partial charge in [-0.1, -0.05) is 18.2 Å². The lowest BCUT2D eigenvalue weighted by atomic mass is 9.96. The zero-order valence-electron chi connectivity index (χ0n) is 21.6. The molecule has 0 aliphatic carbocycles. The van der Waals surface area contributed by atoms with Crippen molar-refractivity contribution in [3.05, 3.63) is 58.6 Å². The van der Waals surface area contributed by atoms with Gasteiger partial charge in [0.1, 0.15) is 11.9 Å². The quantitative estimate of drug-likeness (QED) is 0.307. The lowest BCUT2D eigenvalue weighted by molar-refractivity contribution is -0.156. The zero-order valence-corrected chi connectivity index (χ0v) is 22.5. The third-order valence-corrected chi connectivity index (χ3v) is 7.96. The predicted octanol–water partition coefficient (Wildman–Crippen LogP) is 4.30. The van der Waals surface area contributed by atoms with E-state index in [-0.39, 0.29) is 19.0 Å². The van der Waals surface area contributed by atoms with E-state index in [1.54, 1.807) is 30.3 Å². The Kier molecular flexibility index (Phi) is 9.37. The van der Waals surface area contributed by atoms with Gasteiger partial charge in [-0.25, -0.2) is 9.18 Å². The van der Waals surface area contributed by atoms with E-state index in [0.29, 0.717) is 10.1 Å². The second-order valence-corrected chi connectivity index (χ2v) is 10.9. The van der Waals surface area contributed by atoms with Gasteiger partial charge in [-0.15, -0.1) is 0 Å². The number of nitrogens with zero attached hydrogens (tertiary/aromatic N) is 2. The average Bonchev–Trinajstić information content (AvgIpc) is 3.08. The summed E-state index contributed by atoms with van der Waals surface area (Å²) in [6, 6.07) is 9.26. The van der Waals surface area contributed by atoms with Gasteiger partial charge in [0.15, 0.2) is 18.0 Å². The molecule has 0 bridgehead atoms. The van der Waals surface area contributed by atoms with Crippen LogP contribution in [0.3, 0.4) is 0 Å². The Hall–Kier alpha value is -3.06. The van der Waals surface area contributed by atoms with Crippen molar-refractivity contribution >= 4 is 25.3 Å². The van der Waals surface area contributed by atoms with Gasteiger partial charge in [-0.3, -0.25) is 18.7 Å². The van der Waals surface area contributed by atoms with Crippen LogP contribution >= 0.6 is 7.60 Å². The minimum Gasteiger partial charge on any atom is -0.456 e. The molecule has 1 saturated heterocycles. The number of alkyl halides is 3. The summed E-state index contributed by atoms with van der Waals surface area (Å²) in [5.41, 5.74) is -7.67. The molecule has 0 spiro atoms. The van der Waals surface area contributed by atoms with E-state index >= 15 is 13.2 Å². The third-order valence-electron chi connectivity index (χ3n) is 5.78. The molecule has 39 heavy (non-hydrogen) atoms. The maximum atomic E-state index is 16.1. The van der Waals surface area contributed by atoms with E-state index in [1.807, 2.05) is 0 Å². The topological polar surface area (TPSA) is 135 Å². The summed E-state index contributed by atoms with van der Waals surface area (Å²) >= 11 is 0. The molecule has 1 aliphatic rings. The molecule has 0 saturated carbocycles. The van der Waals surface area contributed by atoms with Gasteiger partial charge < -0.3 is 23.8 Å². The number of hydrogen-bond acceptors (Lipinski definition) is 9. The normalized spacial score (nSPS) is 23.4. The fourth-order valence-electron chi connectivity index (χ4n) is 4.10. The molecule has 0 unspecified atom stereocenters. The van der Waals surface area contributed by atoms with E-state index < -0.39 is 61.4 Å². The fourth-order valence-corrected chi connectivity index (χ4v) is 5.63. The van der Waals surface area contributed by atoms with Gasteiger partial charge >= 0.3 is 24.9 Å². The maximum Gasteiger partial charge on any atom is 0.399 e. The number of ether oxygens (including phenoxy) is 2. The maximum absolute atomic E-state index is 16.1. The van der Waals surface area contributed by atoms with E-state index in [9.17, 15) is 18.9 Å². The van der Waals surface area contributed by atoms with Crippen LogP contribution in [0, 0.1) is 0 Å². The van der Waals surface area contributed by atoms with Crippen molar-refractivity contribution in [1.82, 2.24) is 9.55 Å². The SMILES string of the molecule is CCOP(=O)(OCC)C(F)(F)C[C@H]1O[C@@H](n2ccc(NC(=O)c3ccccc3)nc2=O)[C@](C)(F)[C@@H]1OC(C)=O. The number of anilines is 1. The Labute approximate surface area is 222 Å². The van der Waals surface area contributed by atoms with Crippen LogP contribution in [0.1, 0.15) is 50.7 Å². The second-order valence-electron chi connectivity index (χ2n) is 8.73. The lowest BCUT2D eigenvalue weighted by Gasteiger charge is -2.30. The molecular weight excluding hydrogens is 546 g/mol. The van der Waals surface area contributed by atoms with Gasteiger partial charge in [0.2, 0.25) is 0 Å². The second kappa shape index (κ2) is 12.0. The Morgan fingerprint density at radius 1 is 1.18 bits per heavy atom. The van der Waals surface area contributed by atoms with E-state index in [4.69, 9.17) is 18.5 Å². The molecular formula is C24H29F3N3O8P. The van der Waals surface area contributed by atoms with Crippen molar-refractivity contribution in [1.29, 1.82) is 0 Å². The highest BCUT2D eigenvalue weighted by Crippen LogP contribution is 2.64. The minimum atomic E-state index is -5.02. The van der Waals surface area contributed by atoms with Crippen LogP contribution in [-0.2, 0) is 27.9 Å². The summed E-state index contributed by atoms with van der Waals surface area (Å²) in [6.07, 6.45) is -6.02. The highest BCUT2D eigenvalue weighted by atomic mass is 31.2. The Balaban J connectivity index is 1.91. The molecule has 3 rings (SSSR count). The van der Waals surface area contributed by atoms with E-state index in [1.165, 1.54) is 19.9 Å². The monoisotopic (exact) mass is 575 g/mol. The minimum absolute atomic E-state index is 0.155. The molecule has 15 heteroatoms. The molecule has 2 heterocycles. The van der Waals surface area contributed by atoms with Crippen LogP contribution in [-0.4, -0.2) is 58.2 Å². The number of carbonyl (C=O) groups is 2. The molecule has 214 valence electrons. The van der Waals surface area contributed by atoms with Crippen LogP contribution in [0.4, 0.5) is 19.0 Å². The molecule has 1 fully saturated rings. The zero-order chi connectivity index (χ0) is 29.0. The lowest BCUT2D eigenvalue weighted by Crippen LogP contribution is -2.45. The van der Waals surface area contributed by atoms with Crippen LogP contribution in [0.5, 0.6) is 0 Å². The fraction of sp³-hybridized carbons (Fsp3) is 0.500. The number of hydrogen-bond donors (Lipinski definition) is 1. The van der Waals surface area contributed by atoms with Crippen molar-refractivity contribution in [2.45, 2.75) is 63.9 Å². The molecule has 1 aromatic carbocycles. The molecule has 1 amide bonds. The number of aromatic nitrogens is 2. The summed E-state index contributed by atoms with van der Waals surface area (Å²) in [5.74, 6) is -1.71. The van der Waals surface area contributed by atoms with Crippen molar-refractivity contribution in [2.75, 3.05) is 18.5 Å². The molecule has 0 radical (unpaired) electrons. The summed E-state index contributed by atoms with van der Waals surface area (Å²) in [7, 11) is -5.02. The number of rotatable bonds is 11. The van der Waals surface area contributed by atoms with Gasteiger partial charge in [0, 0.05) is 18.7 Å². The number of amides is 1. The van der Waals surface area contributed by atoms with Crippen LogP contribution in [0.15, 0.2) is 47.4 Å². The molecule has 4 atom stereocenters. The summed E-state index contributed by atoms with van der Waals surface area (Å²) in [6.45, 7) is 3.82. The highest BCUT2D eigenvalue weighted by molar-refractivity contribution is 7.55. The Morgan fingerprint density at radius 2 is 1.79 bits per heavy atom. The first-order valence-corrected chi connectivity index (χ1v) is 13.5. The number of halogens is 3. The van der Waals surface area contributed by atoms with Gasteiger partial charge in [0.25, 0.3) is 5.91 Å². The summed E-state index contributed by atoms with van der Waals surface area (Å²) in [4.78, 5) is 40.6. The van der Waals surface area contributed by atoms with Crippen molar-refractivity contribution in [2.24, 2.45) is 0 Å². The average molecular weight is 575 g/mol. The largest absolute Gasteiger partial charge is 0.456 e. The number of nitrogens with one attached hydrogen (secondary N) is 1. The number of carbonyl (C=O) groups excluding carboxylic acids is 2. The molecule has 1 aromatic heterocycles. The van der Waals surface area contributed by atoms with Crippen LogP contribution in [0.25, 0.3) is 0 Å². The Bertz CT molecular complexity index is 1280. The molecule has 1 N–H and O–H groups in total. The molecule has 2 aromatic rings. The molecule has 1 aliphatic heterocycles. The van der Waals surface area contributed by atoms with Crippen LogP contribution < -0.4 is 11.0 Å². The number of esters is 1. The number of benzene rings is 1. The van der Waals surface area contributed by atoms with E-state index in [2.05, 4.69) is 10.3 Å². The van der Waals surface area contributed by atoms with E-state index in [0.717, 1.165) is 20.0 Å². The summed E-state index contributed by atoms with van der Waals surface area (Å²) < 4.78 is 80.0. The van der Waals surface area contributed by atoms with Crippen LogP contribution in [0.2, 0.25) is 0 Å². The van der Waals surface area contributed by atoms with Crippen molar-refractivity contribution in [3.8, 4) is 0 Å². The first-order valence-electron chi connectivity index (χ1n) is 12.0. The van der Waals surface area contributed by atoms with Gasteiger partial charge in [-0.2, -0.15) is 13.8 Å².